The van der Waals surface area contributed by atoms with E-state index in [0.29, 0.717) is 0 Å². The van der Waals surface area contributed by atoms with Crippen molar-refractivity contribution in [2.75, 3.05) is 13.1 Å². The van der Waals surface area contributed by atoms with Gasteiger partial charge in [-0.2, -0.15) is 0 Å². The molecule has 2 N–H and O–H groups in total. The van der Waals surface area contributed by atoms with Gasteiger partial charge in [0.1, 0.15) is 6.10 Å². The minimum absolute atomic E-state index is 0.0295. The molecule has 0 bridgehead atoms. The van der Waals surface area contributed by atoms with E-state index >= 15 is 0 Å². The van der Waals surface area contributed by atoms with E-state index in [4.69, 9.17) is 10.5 Å². The highest BCUT2D eigenvalue weighted by Gasteiger charge is 2.30. The highest BCUT2D eigenvalue weighted by molar-refractivity contribution is 5.64. The van der Waals surface area contributed by atoms with Crippen molar-refractivity contribution in [3.8, 4) is 0 Å². The summed E-state index contributed by atoms with van der Waals surface area (Å²) in [5.74, 6) is 0. The number of carbonyl (C=O) groups is 1. The van der Waals surface area contributed by atoms with Crippen molar-refractivity contribution in [1.82, 2.24) is 4.90 Å². The predicted molar refractivity (Wildman–Crippen MR) is 52.9 cm³/mol. The highest BCUT2D eigenvalue weighted by atomic mass is 16.6. The first-order valence-electron chi connectivity index (χ1n) is 5.46. The number of ether oxygens (including phenoxy) is 1. The van der Waals surface area contributed by atoms with Crippen molar-refractivity contribution >= 4 is 6.09 Å². The van der Waals surface area contributed by atoms with Crippen LogP contribution in [0.4, 0.5) is 4.79 Å². The maximum absolute atomic E-state index is 10.6. The van der Waals surface area contributed by atoms with Crippen LogP contribution in [0.3, 0.4) is 0 Å². The van der Waals surface area contributed by atoms with Crippen LogP contribution in [0.25, 0.3) is 0 Å². The lowest BCUT2D eigenvalue weighted by Crippen LogP contribution is -2.48. The van der Waals surface area contributed by atoms with Gasteiger partial charge in [0.05, 0.1) is 0 Å². The van der Waals surface area contributed by atoms with Crippen LogP contribution in [0.2, 0.25) is 0 Å². The van der Waals surface area contributed by atoms with Gasteiger partial charge >= 0.3 is 6.09 Å². The van der Waals surface area contributed by atoms with Crippen molar-refractivity contribution in [3.63, 3.8) is 0 Å². The number of amides is 1. The Morgan fingerprint density at radius 1 is 1.29 bits per heavy atom. The molecular formula is C10H18N2O2. The molecule has 0 aromatic carbocycles. The number of hydrogen-bond donors (Lipinski definition) is 1. The minimum atomic E-state index is -0.634. The molecule has 4 nitrogen and oxygen atoms in total. The quantitative estimate of drug-likeness (QED) is 0.722. The summed E-state index contributed by atoms with van der Waals surface area (Å²) in [6.45, 7) is 2.04. The second-order valence-electron chi connectivity index (χ2n) is 4.28. The molecule has 1 saturated carbocycles. The van der Waals surface area contributed by atoms with E-state index in [1.807, 2.05) is 0 Å². The van der Waals surface area contributed by atoms with Crippen molar-refractivity contribution in [3.05, 3.63) is 0 Å². The summed E-state index contributed by atoms with van der Waals surface area (Å²) in [4.78, 5) is 13.1. The Hall–Kier alpha value is -0.770. The molecule has 80 valence electrons. The number of nitrogens with zero attached hydrogens (tertiary/aromatic N) is 1. The molecule has 2 fully saturated rings. The smallest absolute Gasteiger partial charge is 0.404 e. The third-order valence-electron chi connectivity index (χ3n) is 3.28. The summed E-state index contributed by atoms with van der Waals surface area (Å²) in [6, 6.07) is 0.745. The molecule has 0 radical (unpaired) electrons. The SMILES string of the molecule is NC(=O)O[C@@H]1CCCN(C2CCC2)C1. The molecule has 0 aromatic heterocycles. The normalized spacial score (nSPS) is 29.6. The van der Waals surface area contributed by atoms with Gasteiger partial charge in [0.15, 0.2) is 0 Å². The first kappa shape index (κ1) is 9.77. The largest absolute Gasteiger partial charge is 0.445 e. The van der Waals surface area contributed by atoms with Gasteiger partial charge in [0, 0.05) is 12.6 Å². The Morgan fingerprint density at radius 3 is 2.64 bits per heavy atom. The lowest BCUT2D eigenvalue weighted by Gasteiger charge is -2.41. The van der Waals surface area contributed by atoms with E-state index in [-0.39, 0.29) is 6.10 Å². The Balaban J connectivity index is 1.80. The van der Waals surface area contributed by atoms with Crippen molar-refractivity contribution < 1.29 is 9.53 Å². The predicted octanol–water partition coefficient (Wildman–Crippen LogP) is 1.10. The van der Waals surface area contributed by atoms with Gasteiger partial charge in [-0.15, -0.1) is 0 Å². The summed E-state index contributed by atoms with van der Waals surface area (Å²) in [5.41, 5.74) is 5.01. The summed E-state index contributed by atoms with van der Waals surface area (Å²) < 4.78 is 5.04. The van der Waals surface area contributed by atoms with Gasteiger partial charge in [-0.25, -0.2) is 4.79 Å². The van der Waals surface area contributed by atoms with E-state index in [1.165, 1.54) is 19.3 Å². The Morgan fingerprint density at radius 2 is 2.07 bits per heavy atom. The average molecular weight is 198 g/mol. The first-order valence-corrected chi connectivity index (χ1v) is 5.46. The maximum atomic E-state index is 10.6. The third kappa shape index (κ3) is 2.18. The second kappa shape index (κ2) is 4.17. The Labute approximate surface area is 84.4 Å². The number of primary amides is 1. The number of piperidine rings is 1. The fourth-order valence-corrected chi connectivity index (χ4v) is 2.31. The van der Waals surface area contributed by atoms with Gasteiger partial charge in [-0.05, 0) is 32.2 Å². The molecular weight excluding hydrogens is 180 g/mol. The molecule has 0 unspecified atom stereocenters. The second-order valence-corrected chi connectivity index (χ2v) is 4.28. The molecule has 1 saturated heterocycles. The van der Waals surface area contributed by atoms with E-state index in [1.54, 1.807) is 0 Å². The van der Waals surface area contributed by atoms with Crippen LogP contribution >= 0.6 is 0 Å². The van der Waals surface area contributed by atoms with Gasteiger partial charge in [-0.3, -0.25) is 4.90 Å². The van der Waals surface area contributed by atoms with Crippen molar-refractivity contribution in [1.29, 1.82) is 0 Å². The van der Waals surface area contributed by atoms with Crippen LogP contribution in [0.1, 0.15) is 32.1 Å². The highest BCUT2D eigenvalue weighted by Crippen LogP contribution is 2.27. The van der Waals surface area contributed by atoms with Gasteiger partial charge in [0.25, 0.3) is 0 Å². The van der Waals surface area contributed by atoms with Crippen LogP contribution in [-0.4, -0.2) is 36.2 Å². The number of carbonyl (C=O) groups excluding carboxylic acids is 1. The molecule has 2 aliphatic rings. The van der Waals surface area contributed by atoms with Crippen LogP contribution in [0, 0.1) is 0 Å². The zero-order valence-corrected chi connectivity index (χ0v) is 8.45. The van der Waals surface area contributed by atoms with E-state index in [2.05, 4.69) is 4.90 Å². The van der Waals surface area contributed by atoms with E-state index in [9.17, 15) is 4.79 Å². The van der Waals surface area contributed by atoms with E-state index in [0.717, 1.165) is 32.0 Å². The van der Waals surface area contributed by atoms with Gasteiger partial charge in [-0.1, -0.05) is 6.42 Å². The summed E-state index contributed by atoms with van der Waals surface area (Å²) in [7, 11) is 0. The molecule has 1 aliphatic heterocycles. The third-order valence-corrected chi connectivity index (χ3v) is 3.28. The molecule has 2 rings (SSSR count). The molecule has 1 heterocycles. The lowest BCUT2D eigenvalue weighted by atomic mass is 9.90. The van der Waals surface area contributed by atoms with Crippen LogP contribution in [-0.2, 0) is 4.74 Å². The Bertz CT molecular complexity index is 216. The molecule has 1 amide bonds. The maximum Gasteiger partial charge on any atom is 0.404 e. The summed E-state index contributed by atoms with van der Waals surface area (Å²) in [6.07, 6.45) is 5.45. The minimum Gasteiger partial charge on any atom is -0.445 e. The summed E-state index contributed by atoms with van der Waals surface area (Å²) >= 11 is 0. The monoisotopic (exact) mass is 198 g/mol. The Kier molecular flexibility index (Phi) is 2.91. The molecule has 4 heteroatoms. The van der Waals surface area contributed by atoms with Crippen LogP contribution in [0.15, 0.2) is 0 Å². The standard InChI is InChI=1S/C10H18N2O2/c11-10(13)14-9-5-2-6-12(7-9)8-3-1-4-8/h8-9H,1-7H2,(H2,11,13)/t9-/m1/s1. The fraction of sp³-hybridized carbons (Fsp3) is 0.900. The lowest BCUT2D eigenvalue weighted by molar-refractivity contribution is 0.0132. The van der Waals surface area contributed by atoms with Crippen LogP contribution in [0.5, 0.6) is 0 Å². The van der Waals surface area contributed by atoms with Gasteiger partial charge < -0.3 is 10.5 Å². The molecule has 1 aliphatic carbocycles. The van der Waals surface area contributed by atoms with Crippen molar-refractivity contribution in [2.45, 2.75) is 44.2 Å². The average Bonchev–Trinajstić information content (AvgIpc) is 1.99. The first-order chi connectivity index (χ1) is 6.75. The number of nitrogens with two attached hydrogens (primary N) is 1. The van der Waals surface area contributed by atoms with Crippen LogP contribution < -0.4 is 5.73 Å². The number of likely N-dealkylation sites (tertiary alicyclic amines) is 1. The molecule has 1 atom stereocenters. The molecule has 0 spiro atoms. The zero-order chi connectivity index (χ0) is 9.97. The number of hydrogen-bond acceptors (Lipinski definition) is 3. The fourth-order valence-electron chi connectivity index (χ4n) is 2.31. The topological polar surface area (TPSA) is 55.6 Å². The summed E-state index contributed by atoms with van der Waals surface area (Å²) in [5, 5.41) is 0. The molecule has 14 heavy (non-hydrogen) atoms. The van der Waals surface area contributed by atoms with Gasteiger partial charge in [0.2, 0.25) is 0 Å². The molecule has 0 aromatic rings. The van der Waals surface area contributed by atoms with Crippen molar-refractivity contribution in [2.24, 2.45) is 5.73 Å². The van der Waals surface area contributed by atoms with E-state index < -0.39 is 6.09 Å². The number of rotatable bonds is 2. The zero-order valence-electron chi connectivity index (χ0n) is 8.45.